The molecule has 116 valence electrons. The molecule has 1 saturated heterocycles. The molecule has 1 fully saturated rings. The van der Waals surface area contributed by atoms with Crippen molar-refractivity contribution in [2.45, 2.75) is 32.7 Å². The van der Waals surface area contributed by atoms with Crippen molar-refractivity contribution in [2.75, 3.05) is 24.5 Å². The minimum atomic E-state index is -0.602. The Bertz CT molecular complexity index is 498. The Labute approximate surface area is 125 Å². The van der Waals surface area contributed by atoms with Crippen LogP contribution in [0.25, 0.3) is 0 Å². The molecule has 0 radical (unpaired) electrons. The quantitative estimate of drug-likeness (QED) is 0.874. The second-order valence-corrected chi connectivity index (χ2v) is 5.97. The number of halogens is 1. The molecule has 1 heterocycles. The maximum absolute atomic E-state index is 14.3. The Hall–Kier alpha value is -1.62. The van der Waals surface area contributed by atoms with Gasteiger partial charge >= 0.3 is 0 Å². The lowest BCUT2D eigenvalue weighted by molar-refractivity contribution is 0.1000. The van der Waals surface area contributed by atoms with Gasteiger partial charge in [0.25, 0.3) is 0 Å². The van der Waals surface area contributed by atoms with Crippen molar-refractivity contribution in [3.05, 3.63) is 29.6 Å². The van der Waals surface area contributed by atoms with E-state index < -0.39 is 5.91 Å². The fraction of sp³-hybridized carbons (Fsp3) is 0.562. The van der Waals surface area contributed by atoms with Gasteiger partial charge in [0, 0.05) is 18.2 Å². The summed E-state index contributed by atoms with van der Waals surface area (Å²) in [6, 6.07) is 4.69. The van der Waals surface area contributed by atoms with Crippen LogP contribution in [0.4, 0.5) is 10.1 Å². The highest BCUT2D eigenvalue weighted by atomic mass is 19.1. The molecule has 0 saturated carbocycles. The molecule has 0 atom stereocenters. The van der Waals surface area contributed by atoms with Crippen molar-refractivity contribution < 1.29 is 9.18 Å². The molecule has 3 N–H and O–H groups in total. The summed E-state index contributed by atoms with van der Waals surface area (Å²) in [4.78, 5) is 13.2. The Morgan fingerprint density at radius 1 is 1.43 bits per heavy atom. The third-order valence-electron chi connectivity index (χ3n) is 4.08. The fourth-order valence-corrected chi connectivity index (χ4v) is 2.82. The highest BCUT2D eigenvalue weighted by molar-refractivity contribution is 5.93. The van der Waals surface area contributed by atoms with Crippen molar-refractivity contribution in [1.82, 2.24) is 5.32 Å². The van der Waals surface area contributed by atoms with Crippen LogP contribution < -0.4 is 16.0 Å². The molecule has 4 nitrogen and oxygen atoms in total. The predicted molar refractivity (Wildman–Crippen MR) is 83.0 cm³/mol. The number of nitrogens with one attached hydrogen (secondary N) is 1. The van der Waals surface area contributed by atoms with Crippen LogP contribution >= 0.6 is 0 Å². The normalized spacial score (nSPS) is 16.2. The summed E-state index contributed by atoms with van der Waals surface area (Å²) < 4.78 is 14.3. The molecule has 0 unspecified atom stereocenters. The van der Waals surface area contributed by atoms with Crippen LogP contribution in [0.3, 0.4) is 0 Å². The topological polar surface area (TPSA) is 58.4 Å². The Morgan fingerprint density at radius 2 is 2.10 bits per heavy atom. The lowest BCUT2D eigenvalue weighted by Crippen LogP contribution is -2.40. The van der Waals surface area contributed by atoms with Crippen LogP contribution in [0.5, 0.6) is 0 Å². The second-order valence-electron chi connectivity index (χ2n) is 5.97. The van der Waals surface area contributed by atoms with Gasteiger partial charge in [0.15, 0.2) is 0 Å². The number of amides is 1. The molecule has 1 aliphatic rings. The van der Waals surface area contributed by atoms with Gasteiger partial charge in [0.2, 0.25) is 5.91 Å². The van der Waals surface area contributed by atoms with Crippen molar-refractivity contribution in [2.24, 2.45) is 11.7 Å². The number of benzene rings is 1. The molecule has 0 aliphatic carbocycles. The van der Waals surface area contributed by atoms with Crippen LogP contribution in [0.15, 0.2) is 18.2 Å². The summed E-state index contributed by atoms with van der Waals surface area (Å²) in [5, 5.41) is 3.34. The van der Waals surface area contributed by atoms with Crippen molar-refractivity contribution in [3.63, 3.8) is 0 Å². The summed E-state index contributed by atoms with van der Waals surface area (Å²) in [5.74, 6) is -0.410. The largest absolute Gasteiger partial charge is 0.366 e. The highest BCUT2D eigenvalue weighted by Crippen LogP contribution is 2.25. The van der Waals surface area contributed by atoms with Gasteiger partial charge in [-0.2, -0.15) is 0 Å². The van der Waals surface area contributed by atoms with Crippen LogP contribution in [-0.2, 0) is 0 Å². The summed E-state index contributed by atoms with van der Waals surface area (Å²) in [5.41, 5.74) is 5.95. The average Bonchev–Trinajstić information content (AvgIpc) is 2.46. The number of hydrogen-bond acceptors (Lipinski definition) is 3. The van der Waals surface area contributed by atoms with Gasteiger partial charge in [-0.05, 0) is 63.9 Å². The number of nitrogens with zero attached hydrogens (tertiary/aromatic N) is 1. The molecule has 1 aromatic rings. The summed E-state index contributed by atoms with van der Waals surface area (Å²) in [6.45, 7) is 7.01. The minimum absolute atomic E-state index is 0.203. The first-order valence-electron chi connectivity index (χ1n) is 7.55. The Kier molecular flexibility index (Phi) is 5.17. The van der Waals surface area contributed by atoms with E-state index in [4.69, 9.17) is 5.73 Å². The molecule has 21 heavy (non-hydrogen) atoms. The zero-order chi connectivity index (χ0) is 15.4. The SMILES string of the molecule is CC(C)N(CC1CCNCC1)c1ccc(C(N)=O)cc1F. The molecule has 1 amide bonds. The van der Waals surface area contributed by atoms with Gasteiger partial charge in [-0.15, -0.1) is 0 Å². The van der Waals surface area contributed by atoms with E-state index in [2.05, 4.69) is 24.1 Å². The number of primary amides is 1. The molecular formula is C16H24FN3O. The standard InChI is InChI=1S/C16H24FN3O/c1-11(2)20(10-12-5-7-19-8-6-12)15-4-3-13(16(18)21)9-14(15)17/h3-4,9,11-12,19H,5-8,10H2,1-2H3,(H2,18,21). The Morgan fingerprint density at radius 3 is 2.62 bits per heavy atom. The summed E-state index contributed by atoms with van der Waals surface area (Å²) in [7, 11) is 0. The number of hydrogen-bond donors (Lipinski definition) is 2. The lowest BCUT2D eigenvalue weighted by Gasteiger charge is -2.34. The third kappa shape index (κ3) is 3.94. The number of piperidine rings is 1. The number of carbonyl (C=O) groups excluding carboxylic acids is 1. The van der Waals surface area contributed by atoms with E-state index in [9.17, 15) is 9.18 Å². The van der Waals surface area contributed by atoms with Gasteiger partial charge in [0.1, 0.15) is 5.82 Å². The van der Waals surface area contributed by atoms with Gasteiger partial charge in [0.05, 0.1) is 5.69 Å². The second kappa shape index (κ2) is 6.89. The zero-order valence-corrected chi connectivity index (χ0v) is 12.7. The number of carbonyl (C=O) groups is 1. The van der Waals surface area contributed by atoms with Crippen LogP contribution in [0, 0.1) is 11.7 Å². The fourth-order valence-electron chi connectivity index (χ4n) is 2.82. The molecule has 0 bridgehead atoms. The first-order valence-corrected chi connectivity index (χ1v) is 7.55. The Balaban J connectivity index is 2.19. The number of rotatable bonds is 5. The van der Waals surface area contributed by atoms with E-state index in [1.54, 1.807) is 12.1 Å². The maximum Gasteiger partial charge on any atom is 0.248 e. The van der Waals surface area contributed by atoms with E-state index in [-0.39, 0.29) is 17.4 Å². The molecule has 1 aliphatic heterocycles. The van der Waals surface area contributed by atoms with E-state index >= 15 is 0 Å². The molecule has 0 aromatic heterocycles. The van der Waals surface area contributed by atoms with Crippen molar-refractivity contribution in [1.29, 1.82) is 0 Å². The monoisotopic (exact) mass is 293 g/mol. The summed E-state index contributed by atoms with van der Waals surface area (Å²) >= 11 is 0. The summed E-state index contributed by atoms with van der Waals surface area (Å²) in [6.07, 6.45) is 2.23. The maximum atomic E-state index is 14.3. The van der Waals surface area contributed by atoms with E-state index in [0.717, 1.165) is 32.5 Å². The van der Waals surface area contributed by atoms with Crippen LogP contribution in [0.1, 0.15) is 37.0 Å². The lowest BCUT2D eigenvalue weighted by atomic mass is 9.96. The molecular weight excluding hydrogens is 269 g/mol. The van der Waals surface area contributed by atoms with Gasteiger partial charge in [-0.25, -0.2) is 4.39 Å². The van der Waals surface area contributed by atoms with E-state index in [0.29, 0.717) is 11.6 Å². The number of nitrogens with two attached hydrogens (primary N) is 1. The predicted octanol–water partition coefficient (Wildman–Crippen LogP) is 2.14. The first-order chi connectivity index (χ1) is 9.99. The smallest absolute Gasteiger partial charge is 0.248 e. The number of anilines is 1. The molecule has 1 aromatic carbocycles. The molecule has 0 spiro atoms. The average molecular weight is 293 g/mol. The first kappa shape index (κ1) is 15.8. The van der Waals surface area contributed by atoms with Gasteiger partial charge in [-0.3, -0.25) is 4.79 Å². The van der Waals surface area contributed by atoms with Gasteiger partial charge in [-0.1, -0.05) is 0 Å². The minimum Gasteiger partial charge on any atom is -0.366 e. The highest BCUT2D eigenvalue weighted by Gasteiger charge is 2.21. The molecule has 2 rings (SSSR count). The van der Waals surface area contributed by atoms with Crippen LogP contribution in [-0.4, -0.2) is 31.6 Å². The van der Waals surface area contributed by atoms with E-state index in [1.807, 2.05) is 0 Å². The third-order valence-corrected chi connectivity index (χ3v) is 4.08. The zero-order valence-electron chi connectivity index (χ0n) is 12.7. The van der Waals surface area contributed by atoms with Crippen molar-refractivity contribution in [3.8, 4) is 0 Å². The van der Waals surface area contributed by atoms with Gasteiger partial charge < -0.3 is 16.0 Å². The molecule has 5 heteroatoms. The van der Waals surface area contributed by atoms with E-state index in [1.165, 1.54) is 6.07 Å². The van der Waals surface area contributed by atoms with Crippen LogP contribution in [0.2, 0.25) is 0 Å². The van der Waals surface area contributed by atoms with Crippen molar-refractivity contribution >= 4 is 11.6 Å².